The fraction of sp³-hybridized carbons (Fsp3) is 0.588. The van der Waals surface area contributed by atoms with Gasteiger partial charge in [0.05, 0.1) is 13.7 Å². The van der Waals surface area contributed by atoms with Crippen molar-refractivity contribution in [1.29, 1.82) is 0 Å². The summed E-state index contributed by atoms with van der Waals surface area (Å²) >= 11 is 0. The van der Waals surface area contributed by atoms with Gasteiger partial charge in [-0.1, -0.05) is 18.2 Å². The van der Waals surface area contributed by atoms with Crippen LogP contribution >= 0.6 is 0 Å². The van der Waals surface area contributed by atoms with Gasteiger partial charge >= 0.3 is 5.97 Å². The van der Waals surface area contributed by atoms with Crippen molar-refractivity contribution in [1.82, 2.24) is 4.90 Å². The van der Waals surface area contributed by atoms with E-state index >= 15 is 0 Å². The van der Waals surface area contributed by atoms with Gasteiger partial charge in [0.15, 0.2) is 6.10 Å². The van der Waals surface area contributed by atoms with Crippen LogP contribution in [0.3, 0.4) is 0 Å². The largest absolute Gasteiger partial charge is 0.467 e. The van der Waals surface area contributed by atoms with Crippen molar-refractivity contribution in [2.45, 2.75) is 18.9 Å². The summed E-state index contributed by atoms with van der Waals surface area (Å²) in [6, 6.07) is 8.67. The Hall–Kier alpha value is -1.59. The number of rotatable bonds is 4. The second kappa shape index (κ2) is 7.11. The van der Waals surface area contributed by atoms with E-state index in [4.69, 9.17) is 9.47 Å². The molecule has 0 aromatic heterocycles. The lowest BCUT2D eigenvalue weighted by Crippen LogP contribution is -2.49. The van der Waals surface area contributed by atoms with Crippen LogP contribution in [0.2, 0.25) is 0 Å². The fourth-order valence-corrected chi connectivity index (χ4v) is 3.29. The Balaban J connectivity index is 1.56. The first-order chi connectivity index (χ1) is 10.8. The lowest BCUT2D eigenvalue weighted by molar-refractivity contribution is -0.159. The van der Waals surface area contributed by atoms with Crippen LogP contribution in [0.1, 0.15) is 12.0 Å². The third-order valence-electron chi connectivity index (χ3n) is 4.51. The molecule has 1 aromatic rings. The molecule has 3 rings (SSSR count). The topological polar surface area (TPSA) is 42.0 Å². The van der Waals surface area contributed by atoms with E-state index in [2.05, 4.69) is 34.1 Å². The van der Waals surface area contributed by atoms with Crippen molar-refractivity contribution < 1.29 is 14.3 Å². The van der Waals surface area contributed by atoms with Crippen molar-refractivity contribution >= 4 is 11.7 Å². The molecule has 0 bridgehead atoms. The number of aryl methyl sites for hydroxylation is 1. The molecule has 2 aliphatic heterocycles. The standard InChI is InChI=1S/C17H24N2O3/c1-21-17(20)16-13-18(11-12-22-16)9-10-19-8-4-6-14-5-2-3-7-15(14)19/h2-3,5,7,16H,4,6,8-13H2,1H3/t16-/m1/s1. The van der Waals surface area contributed by atoms with Gasteiger partial charge in [-0.3, -0.25) is 4.90 Å². The molecule has 1 saturated heterocycles. The minimum atomic E-state index is -0.438. The highest BCUT2D eigenvalue weighted by Crippen LogP contribution is 2.26. The van der Waals surface area contributed by atoms with Crippen LogP contribution in [0.5, 0.6) is 0 Å². The van der Waals surface area contributed by atoms with Gasteiger partial charge in [0.1, 0.15) is 0 Å². The zero-order valence-electron chi connectivity index (χ0n) is 13.2. The number of para-hydroxylation sites is 1. The summed E-state index contributed by atoms with van der Waals surface area (Å²) in [7, 11) is 1.41. The molecule has 2 aliphatic rings. The average Bonchev–Trinajstić information content (AvgIpc) is 2.59. The van der Waals surface area contributed by atoms with Gasteiger partial charge in [-0.2, -0.15) is 0 Å². The Labute approximate surface area is 131 Å². The number of fused-ring (bicyclic) bond motifs is 1. The first-order valence-electron chi connectivity index (χ1n) is 8.02. The van der Waals surface area contributed by atoms with Crippen LogP contribution in [-0.4, -0.2) is 63.4 Å². The maximum atomic E-state index is 11.6. The summed E-state index contributed by atoms with van der Waals surface area (Å²) < 4.78 is 10.3. The van der Waals surface area contributed by atoms with Crippen molar-refractivity contribution in [3.63, 3.8) is 0 Å². The van der Waals surface area contributed by atoms with E-state index in [1.54, 1.807) is 0 Å². The fourth-order valence-electron chi connectivity index (χ4n) is 3.29. The number of morpholine rings is 1. The Morgan fingerprint density at radius 1 is 1.32 bits per heavy atom. The van der Waals surface area contributed by atoms with Gasteiger partial charge in [0.25, 0.3) is 0 Å². The number of hydrogen-bond donors (Lipinski definition) is 0. The van der Waals surface area contributed by atoms with Gasteiger partial charge in [-0.25, -0.2) is 4.79 Å². The Morgan fingerprint density at radius 2 is 2.18 bits per heavy atom. The highest BCUT2D eigenvalue weighted by molar-refractivity contribution is 5.74. The number of methoxy groups -OCH3 is 1. The summed E-state index contributed by atoms with van der Waals surface area (Å²) in [6.45, 7) is 5.15. The monoisotopic (exact) mass is 304 g/mol. The van der Waals surface area contributed by atoms with E-state index in [0.29, 0.717) is 13.2 Å². The molecular formula is C17H24N2O3. The van der Waals surface area contributed by atoms with E-state index in [-0.39, 0.29) is 5.97 Å². The van der Waals surface area contributed by atoms with Crippen molar-refractivity contribution in [3.05, 3.63) is 29.8 Å². The Bertz CT molecular complexity index is 520. The number of benzene rings is 1. The number of ether oxygens (including phenoxy) is 2. The van der Waals surface area contributed by atoms with Crippen LogP contribution in [0, 0.1) is 0 Å². The molecule has 1 fully saturated rings. The maximum Gasteiger partial charge on any atom is 0.336 e. The number of nitrogens with zero attached hydrogens (tertiary/aromatic N) is 2. The molecule has 1 aromatic carbocycles. The average molecular weight is 304 g/mol. The molecule has 0 saturated carbocycles. The quantitative estimate of drug-likeness (QED) is 0.785. The zero-order valence-corrected chi connectivity index (χ0v) is 13.2. The molecule has 1 atom stereocenters. The second-order valence-corrected chi connectivity index (χ2v) is 5.90. The van der Waals surface area contributed by atoms with Crippen LogP contribution in [0.4, 0.5) is 5.69 Å². The predicted octanol–water partition coefficient (Wildman–Crippen LogP) is 1.31. The molecule has 5 heteroatoms. The van der Waals surface area contributed by atoms with E-state index in [1.165, 1.54) is 31.2 Å². The number of anilines is 1. The van der Waals surface area contributed by atoms with E-state index in [0.717, 1.165) is 26.2 Å². The van der Waals surface area contributed by atoms with Gasteiger partial charge in [0, 0.05) is 38.4 Å². The van der Waals surface area contributed by atoms with E-state index < -0.39 is 6.10 Å². The lowest BCUT2D eigenvalue weighted by Gasteiger charge is -2.36. The number of hydrogen-bond acceptors (Lipinski definition) is 5. The summed E-state index contributed by atoms with van der Waals surface area (Å²) in [5, 5.41) is 0. The minimum absolute atomic E-state index is 0.270. The zero-order chi connectivity index (χ0) is 15.4. The number of esters is 1. The van der Waals surface area contributed by atoms with Gasteiger partial charge in [-0.05, 0) is 24.5 Å². The molecule has 5 nitrogen and oxygen atoms in total. The van der Waals surface area contributed by atoms with E-state index in [1.807, 2.05) is 0 Å². The molecule has 0 radical (unpaired) electrons. The molecular weight excluding hydrogens is 280 g/mol. The van der Waals surface area contributed by atoms with E-state index in [9.17, 15) is 4.79 Å². The third kappa shape index (κ3) is 3.42. The number of carbonyl (C=O) groups is 1. The summed E-state index contributed by atoms with van der Waals surface area (Å²) in [5.74, 6) is -0.270. The lowest BCUT2D eigenvalue weighted by atomic mass is 10.0. The molecule has 2 heterocycles. The summed E-state index contributed by atoms with van der Waals surface area (Å²) in [4.78, 5) is 16.4. The molecule has 0 N–H and O–H groups in total. The van der Waals surface area contributed by atoms with Crippen molar-refractivity contribution in [2.24, 2.45) is 0 Å². The van der Waals surface area contributed by atoms with Gasteiger partial charge in [-0.15, -0.1) is 0 Å². The van der Waals surface area contributed by atoms with Crippen molar-refractivity contribution in [3.8, 4) is 0 Å². The van der Waals surface area contributed by atoms with Crippen LogP contribution in [0.25, 0.3) is 0 Å². The molecule has 0 unspecified atom stereocenters. The first kappa shape index (κ1) is 15.3. The maximum absolute atomic E-state index is 11.6. The highest BCUT2D eigenvalue weighted by atomic mass is 16.6. The summed E-state index contributed by atoms with van der Waals surface area (Å²) in [5.41, 5.74) is 2.81. The van der Waals surface area contributed by atoms with Gasteiger partial charge in [0.2, 0.25) is 0 Å². The molecule has 0 spiro atoms. The molecule has 0 amide bonds. The highest BCUT2D eigenvalue weighted by Gasteiger charge is 2.27. The Kier molecular flexibility index (Phi) is 4.95. The van der Waals surface area contributed by atoms with Crippen molar-refractivity contribution in [2.75, 3.05) is 51.3 Å². The smallest absolute Gasteiger partial charge is 0.336 e. The second-order valence-electron chi connectivity index (χ2n) is 5.90. The predicted molar refractivity (Wildman–Crippen MR) is 85.2 cm³/mol. The van der Waals surface area contributed by atoms with Crippen LogP contribution in [0.15, 0.2) is 24.3 Å². The normalized spacial score (nSPS) is 22.2. The minimum Gasteiger partial charge on any atom is -0.467 e. The molecule has 22 heavy (non-hydrogen) atoms. The SMILES string of the molecule is COC(=O)[C@H]1CN(CCN2CCCc3ccccc32)CCO1. The van der Waals surface area contributed by atoms with Gasteiger partial charge < -0.3 is 14.4 Å². The van der Waals surface area contributed by atoms with Crippen LogP contribution < -0.4 is 4.90 Å². The Morgan fingerprint density at radius 3 is 3.05 bits per heavy atom. The number of carbonyl (C=O) groups excluding carboxylic acids is 1. The first-order valence-corrected chi connectivity index (χ1v) is 8.02. The molecule has 120 valence electrons. The third-order valence-corrected chi connectivity index (χ3v) is 4.51. The molecule has 0 aliphatic carbocycles. The van der Waals surface area contributed by atoms with Crippen LogP contribution in [-0.2, 0) is 20.7 Å². The summed E-state index contributed by atoms with van der Waals surface area (Å²) in [6.07, 6.45) is 1.95.